The number of hydrogen-bond donors (Lipinski definition) is 0. The lowest BCUT2D eigenvalue weighted by Gasteiger charge is -2.37. The maximum absolute atomic E-state index is 12.9. The minimum atomic E-state index is -0.0632. The van der Waals surface area contributed by atoms with Crippen LogP contribution < -0.4 is 0 Å². The molecule has 0 radical (unpaired) electrons. The molecule has 1 fully saturated rings. The van der Waals surface area contributed by atoms with Gasteiger partial charge in [0.2, 0.25) is 0 Å². The van der Waals surface area contributed by atoms with Gasteiger partial charge in [-0.1, -0.05) is 60.2 Å². The number of benzene rings is 2. The summed E-state index contributed by atoms with van der Waals surface area (Å²) in [6.45, 7) is 2.70. The molecule has 26 heavy (non-hydrogen) atoms. The van der Waals surface area contributed by atoms with E-state index in [1.807, 2.05) is 30.3 Å². The molecule has 134 valence electrons. The predicted octanol–water partition coefficient (Wildman–Crippen LogP) is 4.69. The molecule has 1 saturated carbocycles. The van der Waals surface area contributed by atoms with Crippen LogP contribution in [0.25, 0.3) is 5.57 Å². The van der Waals surface area contributed by atoms with Crippen molar-refractivity contribution in [1.29, 1.82) is 0 Å². The maximum Gasteiger partial charge on any atom is 0.173 e. The molecule has 0 amide bonds. The van der Waals surface area contributed by atoms with Crippen LogP contribution in [0.15, 0.2) is 60.9 Å². The minimum Gasteiger partial charge on any atom is -0.496 e. The molecule has 3 atom stereocenters. The van der Waals surface area contributed by atoms with Gasteiger partial charge in [-0.2, -0.15) is 0 Å². The molecule has 0 aromatic heterocycles. The number of carbonyl (C=O) groups is 1. The van der Waals surface area contributed by atoms with Gasteiger partial charge in [-0.15, -0.1) is 0 Å². The van der Waals surface area contributed by atoms with Crippen molar-refractivity contribution in [3.05, 3.63) is 77.5 Å². The molecule has 3 unspecified atom stereocenters. The van der Waals surface area contributed by atoms with Crippen LogP contribution in [0.3, 0.4) is 0 Å². The number of rotatable bonds is 4. The molecule has 0 spiro atoms. The zero-order valence-corrected chi connectivity index (χ0v) is 15.1. The summed E-state index contributed by atoms with van der Waals surface area (Å²) < 4.78 is 12.0. The number of carbonyl (C=O) groups excluding carboxylic acids is 1. The highest BCUT2D eigenvalue weighted by molar-refractivity contribution is 6.22. The largest absolute Gasteiger partial charge is 0.496 e. The highest BCUT2D eigenvalue weighted by Crippen LogP contribution is 2.37. The first-order chi connectivity index (χ1) is 12.7. The van der Waals surface area contributed by atoms with Crippen LogP contribution in [0.5, 0.6) is 0 Å². The first-order valence-corrected chi connectivity index (χ1v) is 9.33. The summed E-state index contributed by atoms with van der Waals surface area (Å²) >= 11 is 0. The summed E-state index contributed by atoms with van der Waals surface area (Å²) in [5.41, 5.74) is 4.08. The topological polar surface area (TPSA) is 35.5 Å². The lowest BCUT2D eigenvalue weighted by molar-refractivity contribution is -0.128. The first-order valence-electron chi connectivity index (χ1n) is 9.33. The summed E-state index contributed by atoms with van der Waals surface area (Å²) in [4.78, 5) is 12.9. The van der Waals surface area contributed by atoms with E-state index in [9.17, 15) is 4.79 Å². The number of fused-ring (bicyclic) bond motifs is 1. The van der Waals surface area contributed by atoms with Crippen LogP contribution in [0.2, 0.25) is 0 Å². The monoisotopic (exact) mass is 348 g/mol. The van der Waals surface area contributed by atoms with Crippen molar-refractivity contribution < 1.29 is 14.3 Å². The Hall–Kier alpha value is -2.39. The van der Waals surface area contributed by atoms with E-state index in [0.29, 0.717) is 12.2 Å². The fraction of sp³-hybridized carbons (Fsp3) is 0.348. The third-order valence-electron chi connectivity index (χ3n) is 5.40. The van der Waals surface area contributed by atoms with E-state index in [1.165, 1.54) is 11.1 Å². The Bertz CT molecular complexity index is 792. The highest BCUT2D eigenvalue weighted by Gasteiger charge is 2.40. The number of ketones is 1. The smallest absolute Gasteiger partial charge is 0.173 e. The molecule has 3 heteroatoms. The molecule has 1 heterocycles. The third kappa shape index (κ3) is 3.58. The minimum absolute atomic E-state index is 0.0468. The highest BCUT2D eigenvalue weighted by atomic mass is 16.5. The molecule has 2 aliphatic rings. The number of allylic oxidation sites excluding steroid dienone is 1. The predicted molar refractivity (Wildman–Crippen MR) is 101 cm³/mol. The van der Waals surface area contributed by atoms with Crippen LogP contribution >= 0.6 is 0 Å². The Morgan fingerprint density at radius 3 is 2.58 bits per heavy atom. The van der Waals surface area contributed by atoms with Crippen LogP contribution in [0, 0.1) is 12.8 Å². The molecule has 0 bridgehead atoms. The summed E-state index contributed by atoms with van der Waals surface area (Å²) in [6, 6.07) is 18.2. The number of Topliss-reactive ketones (excluding diaryl/α,β-unsaturated/α-hetero) is 1. The molecule has 4 rings (SSSR count). The molecular formula is C23H24O3. The Labute approximate surface area is 154 Å². The van der Waals surface area contributed by atoms with Gasteiger partial charge >= 0.3 is 0 Å². The van der Waals surface area contributed by atoms with E-state index in [-0.39, 0.29) is 23.9 Å². The third-order valence-corrected chi connectivity index (χ3v) is 5.40. The van der Waals surface area contributed by atoms with Crippen molar-refractivity contribution in [3.63, 3.8) is 0 Å². The number of hydrogen-bond acceptors (Lipinski definition) is 3. The SMILES string of the molecule is Cc1ccc(COC2CCC3C(=O)C(c4ccccc4)=COC3C2)cc1. The lowest BCUT2D eigenvalue weighted by Crippen LogP contribution is -2.41. The van der Waals surface area contributed by atoms with Crippen molar-refractivity contribution in [1.82, 2.24) is 0 Å². The van der Waals surface area contributed by atoms with Crippen molar-refractivity contribution in [2.75, 3.05) is 0 Å². The van der Waals surface area contributed by atoms with Crippen LogP contribution in [-0.4, -0.2) is 18.0 Å². The van der Waals surface area contributed by atoms with E-state index < -0.39 is 0 Å². The van der Waals surface area contributed by atoms with E-state index in [4.69, 9.17) is 9.47 Å². The number of aryl methyl sites for hydroxylation is 1. The molecule has 2 aromatic carbocycles. The first kappa shape index (κ1) is 17.0. The van der Waals surface area contributed by atoms with Gasteiger partial charge in [-0.05, 0) is 30.9 Å². The van der Waals surface area contributed by atoms with Gasteiger partial charge in [0.15, 0.2) is 5.78 Å². The second-order valence-electron chi connectivity index (χ2n) is 7.27. The van der Waals surface area contributed by atoms with Gasteiger partial charge in [-0.3, -0.25) is 4.79 Å². The second kappa shape index (κ2) is 7.46. The quantitative estimate of drug-likeness (QED) is 0.804. The van der Waals surface area contributed by atoms with Gasteiger partial charge in [0, 0.05) is 6.42 Å². The lowest BCUT2D eigenvalue weighted by atomic mass is 9.78. The summed E-state index contributed by atoms with van der Waals surface area (Å²) in [5, 5.41) is 0. The molecular weight excluding hydrogens is 324 g/mol. The fourth-order valence-corrected chi connectivity index (χ4v) is 3.83. The van der Waals surface area contributed by atoms with Crippen molar-refractivity contribution >= 4 is 11.4 Å². The van der Waals surface area contributed by atoms with Crippen LogP contribution in [0.1, 0.15) is 36.0 Å². The van der Waals surface area contributed by atoms with E-state index in [2.05, 4.69) is 31.2 Å². The Morgan fingerprint density at radius 2 is 1.81 bits per heavy atom. The summed E-state index contributed by atoms with van der Waals surface area (Å²) in [5.74, 6) is 0.166. The molecule has 2 aromatic rings. The summed E-state index contributed by atoms with van der Waals surface area (Å²) in [6.07, 6.45) is 4.25. The zero-order chi connectivity index (χ0) is 17.9. The normalized spacial score (nSPS) is 25.2. The van der Waals surface area contributed by atoms with Crippen LogP contribution in [0.4, 0.5) is 0 Å². The van der Waals surface area contributed by atoms with Gasteiger partial charge < -0.3 is 9.47 Å². The van der Waals surface area contributed by atoms with Gasteiger partial charge in [0.25, 0.3) is 0 Å². The molecule has 0 N–H and O–H groups in total. The van der Waals surface area contributed by atoms with Crippen molar-refractivity contribution in [3.8, 4) is 0 Å². The van der Waals surface area contributed by atoms with E-state index in [1.54, 1.807) is 6.26 Å². The summed E-state index contributed by atoms with van der Waals surface area (Å²) in [7, 11) is 0. The van der Waals surface area contributed by atoms with Gasteiger partial charge in [-0.25, -0.2) is 0 Å². The molecule has 3 nitrogen and oxygen atoms in total. The molecule has 1 aliphatic heterocycles. The standard InChI is InChI=1S/C23H24O3/c1-16-7-9-17(10-8-16)14-25-19-11-12-20-22(13-19)26-15-21(23(20)24)18-5-3-2-4-6-18/h2-10,15,19-20,22H,11-14H2,1H3. The average Bonchev–Trinajstić information content (AvgIpc) is 2.68. The van der Waals surface area contributed by atoms with Gasteiger partial charge in [0.1, 0.15) is 6.10 Å². The Kier molecular flexibility index (Phi) is 4.89. The molecule has 1 aliphatic carbocycles. The van der Waals surface area contributed by atoms with Crippen LogP contribution in [-0.2, 0) is 20.9 Å². The second-order valence-corrected chi connectivity index (χ2v) is 7.27. The Balaban J connectivity index is 1.38. The average molecular weight is 348 g/mol. The van der Waals surface area contributed by atoms with E-state index in [0.717, 1.165) is 24.8 Å². The van der Waals surface area contributed by atoms with E-state index >= 15 is 0 Å². The Morgan fingerprint density at radius 1 is 1.04 bits per heavy atom. The molecule has 0 saturated heterocycles. The maximum atomic E-state index is 12.9. The van der Waals surface area contributed by atoms with Crippen molar-refractivity contribution in [2.24, 2.45) is 5.92 Å². The number of ether oxygens (including phenoxy) is 2. The fourth-order valence-electron chi connectivity index (χ4n) is 3.83. The van der Waals surface area contributed by atoms with Gasteiger partial charge in [0.05, 0.1) is 30.5 Å². The van der Waals surface area contributed by atoms with Crippen molar-refractivity contribution in [2.45, 2.75) is 45.0 Å². The zero-order valence-electron chi connectivity index (χ0n) is 15.1.